The van der Waals surface area contributed by atoms with Crippen LogP contribution >= 0.6 is 43.5 Å². The first-order valence-electron chi connectivity index (χ1n) is 11.4. The Kier molecular flexibility index (Phi) is 8.67. The predicted molar refractivity (Wildman–Crippen MR) is 152 cm³/mol. The minimum atomic E-state index is -0.324. The Labute approximate surface area is 235 Å². The fourth-order valence-corrected chi connectivity index (χ4v) is 4.63. The van der Waals surface area contributed by atoms with E-state index in [1.54, 1.807) is 24.3 Å². The molecule has 10 heteroatoms. The maximum Gasteiger partial charge on any atom is 0.282 e. The van der Waals surface area contributed by atoms with E-state index in [1.165, 1.54) is 30.1 Å². The van der Waals surface area contributed by atoms with Gasteiger partial charge in [-0.2, -0.15) is 9.78 Å². The van der Waals surface area contributed by atoms with Crippen LogP contribution in [0.2, 0.25) is 5.02 Å². The highest BCUT2D eigenvalue weighted by Gasteiger charge is 2.19. The lowest BCUT2D eigenvalue weighted by Gasteiger charge is -2.16. The van der Waals surface area contributed by atoms with Gasteiger partial charge in [-0.1, -0.05) is 53.5 Å². The highest BCUT2D eigenvalue weighted by Crippen LogP contribution is 2.42. The highest BCUT2D eigenvalue weighted by molar-refractivity contribution is 9.10. The molecular formula is C27H23Br2ClFN3O3. The van der Waals surface area contributed by atoms with E-state index in [2.05, 4.69) is 37.0 Å². The highest BCUT2D eigenvalue weighted by atomic mass is 79.9. The molecule has 37 heavy (non-hydrogen) atoms. The Morgan fingerprint density at radius 1 is 1.19 bits per heavy atom. The summed E-state index contributed by atoms with van der Waals surface area (Å²) >= 11 is 13.6. The molecule has 3 aromatic carbocycles. The first-order chi connectivity index (χ1) is 17.7. The predicted octanol–water partition coefficient (Wildman–Crippen LogP) is 7.70. The number of nitrogens with zero attached hydrogens (tertiary/aromatic N) is 3. The zero-order chi connectivity index (χ0) is 26.7. The van der Waals surface area contributed by atoms with Crippen LogP contribution in [0.4, 0.5) is 4.39 Å². The van der Waals surface area contributed by atoms with Gasteiger partial charge in [0.1, 0.15) is 23.3 Å². The second kappa shape index (κ2) is 11.8. The third-order valence-electron chi connectivity index (χ3n) is 5.87. The van der Waals surface area contributed by atoms with Crippen LogP contribution < -0.4 is 15.0 Å². The summed E-state index contributed by atoms with van der Waals surface area (Å²) in [5.74, 6) is 0.948. The average Bonchev–Trinajstić information content (AvgIpc) is 2.90. The number of hydrogen-bond acceptors (Lipinski definition) is 5. The summed E-state index contributed by atoms with van der Waals surface area (Å²) in [6.07, 6.45) is 2.31. The molecule has 0 radical (unpaired) electrons. The van der Waals surface area contributed by atoms with Gasteiger partial charge >= 0.3 is 0 Å². The Balaban J connectivity index is 1.74. The van der Waals surface area contributed by atoms with Gasteiger partial charge in [0.15, 0.2) is 11.5 Å². The van der Waals surface area contributed by atoms with Crippen molar-refractivity contribution >= 4 is 60.6 Å². The molecule has 4 aromatic rings. The summed E-state index contributed by atoms with van der Waals surface area (Å²) in [4.78, 5) is 18.1. The van der Waals surface area contributed by atoms with Crippen molar-refractivity contribution in [1.82, 2.24) is 9.66 Å². The molecule has 1 aromatic heterocycles. The monoisotopic (exact) mass is 649 g/mol. The number of hydrogen-bond donors (Lipinski definition) is 0. The van der Waals surface area contributed by atoms with Gasteiger partial charge in [-0.3, -0.25) is 4.79 Å². The molecule has 0 fully saturated rings. The molecule has 0 spiro atoms. The van der Waals surface area contributed by atoms with Gasteiger partial charge in [-0.05, 0) is 64.3 Å². The molecule has 1 heterocycles. The normalized spacial score (nSPS) is 12.3. The van der Waals surface area contributed by atoms with E-state index >= 15 is 0 Å². The van der Waals surface area contributed by atoms with Crippen LogP contribution in [-0.4, -0.2) is 23.0 Å². The van der Waals surface area contributed by atoms with Crippen molar-refractivity contribution in [3.05, 3.63) is 95.6 Å². The molecule has 0 aliphatic rings. The number of halogens is 4. The van der Waals surface area contributed by atoms with Crippen molar-refractivity contribution in [3.8, 4) is 11.5 Å². The molecule has 0 N–H and O–H groups in total. The lowest BCUT2D eigenvalue weighted by Crippen LogP contribution is -2.23. The summed E-state index contributed by atoms with van der Waals surface area (Å²) < 4.78 is 27.3. The topological polar surface area (TPSA) is 65.7 Å². The summed E-state index contributed by atoms with van der Waals surface area (Å²) in [6, 6.07) is 13.1. The second-order valence-corrected chi connectivity index (χ2v) is 10.4. The van der Waals surface area contributed by atoms with Crippen LogP contribution in [0.25, 0.3) is 10.9 Å². The molecule has 0 saturated heterocycles. The molecule has 6 nitrogen and oxygen atoms in total. The second-order valence-electron chi connectivity index (χ2n) is 8.34. The van der Waals surface area contributed by atoms with Crippen LogP contribution in [0, 0.1) is 5.82 Å². The zero-order valence-corrected chi connectivity index (χ0v) is 24.2. The number of fused-ring (bicyclic) bond motifs is 1. The molecule has 0 aliphatic carbocycles. The van der Waals surface area contributed by atoms with E-state index in [0.29, 0.717) is 38.3 Å². The largest absolute Gasteiger partial charge is 0.493 e. The van der Waals surface area contributed by atoms with Gasteiger partial charge in [-0.25, -0.2) is 9.37 Å². The van der Waals surface area contributed by atoms with Gasteiger partial charge in [0.05, 0.1) is 24.2 Å². The quantitative estimate of drug-likeness (QED) is 0.183. The maximum absolute atomic E-state index is 13.4. The summed E-state index contributed by atoms with van der Waals surface area (Å²) in [6.45, 7) is 4.20. The SMILES string of the molecule is CC[C@H](C)c1nc2ccc(Br)cc2c(=O)n1N=Cc1cc(OC)c(OCc2ccc(F)cc2)c(Cl)c1Br. The van der Waals surface area contributed by atoms with E-state index in [4.69, 9.17) is 26.1 Å². The average molecular weight is 652 g/mol. The van der Waals surface area contributed by atoms with Crippen LogP contribution in [0.3, 0.4) is 0 Å². The van der Waals surface area contributed by atoms with Gasteiger partial charge < -0.3 is 9.47 Å². The smallest absolute Gasteiger partial charge is 0.282 e. The minimum absolute atomic E-state index is 0.00157. The molecule has 192 valence electrons. The van der Waals surface area contributed by atoms with E-state index in [-0.39, 0.29) is 28.9 Å². The molecule has 0 bridgehead atoms. The van der Waals surface area contributed by atoms with Crippen molar-refractivity contribution in [2.24, 2.45) is 5.10 Å². The van der Waals surface area contributed by atoms with Crippen molar-refractivity contribution < 1.29 is 13.9 Å². The molecule has 4 rings (SSSR count). The summed E-state index contributed by atoms with van der Waals surface area (Å²) in [7, 11) is 1.50. The lowest BCUT2D eigenvalue weighted by atomic mass is 10.1. The van der Waals surface area contributed by atoms with Gasteiger partial charge in [0, 0.05) is 20.4 Å². The maximum atomic E-state index is 13.4. The number of ether oxygens (including phenoxy) is 2. The fraction of sp³-hybridized carbons (Fsp3) is 0.222. The number of methoxy groups -OCH3 is 1. The van der Waals surface area contributed by atoms with Crippen molar-refractivity contribution in [2.75, 3.05) is 7.11 Å². The molecule has 0 saturated carbocycles. The first kappa shape index (κ1) is 27.3. The van der Waals surface area contributed by atoms with Crippen LogP contribution in [0.1, 0.15) is 43.1 Å². The third kappa shape index (κ3) is 5.89. The van der Waals surface area contributed by atoms with Crippen molar-refractivity contribution in [1.29, 1.82) is 0 Å². The zero-order valence-electron chi connectivity index (χ0n) is 20.3. The van der Waals surface area contributed by atoms with E-state index in [1.807, 2.05) is 26.0 Å². The van der Waals surface area contributed by atoms with E-state index in [9.17, 15) is 9.18 Å². The van der Waals surface area contributed by atoms with E-state index in [0.717, 1.165) is 16.5 Å². The molecule has 1 atom stereocenters. The van der Waals surface area contributed by atoms with Gasteiger partial charge in [0.25, 0.3) is 5.56 Å². The van der Waals surface area contributed by atoms with Crippen LogP contribution in [0.15, 0.2) is 67.4 Å². The number of aromatic nitrogens is 2. The lowest BCUT2D eigenvalue weighted by molar-refractivity contribution is 0.284. The molecule has 0 unspecified atom stereocenters. The van der Waals surface area contributed by atoms with Crippen molar-refractivity contribution in [3.63, 3.8) is 0 Å². The first-order valence-corrected chi connectivity index (χ1v) is 13.4. The Hall–Kier alpha value is -2.75. The Morgan fingerprint density at radius 3 is 2.59 bits per heavy atom. The van der Waals surface area contributed by atoms with Gasteiger partial charge in [0.2, 0.25) is 0 Å². The number of benzene rings is 3. The summed E-state index contributed by atoms with van der Waals surface area (Å²) in [5.41, 5.74) is 1.69. The van der Waals surface area contributed by atoms with Crippen LogP contribution in [-0.2, 0) is 6.61 Å². The number of rotatable bonds is 8. The fourth-order valence-electron chi connectivity index (χ4n) is 3.62. The summed E-state index contributed by atoms with van der Waals surface area (Å²) in [5, 5.41) is 5.25. The van der Waals surface area contributed by atoms with Crippen LogP contribution in [0.5, 0.6) is 11.5 Å². The minimum Gasteiger partial charge on any atom is -0.493 e. The molecular weight excluding hydrogens is 629 g/mol. The van der Waals surface area contributed by atoms with Gasteiger partial charge in [-0.15, -0.1) is 0 Å². The Bertz CT molecular complexity index is 1540. The molecule has 0 aliphatic heterocycles. The third-order valence-corrected chi connectivity index (χ3v) is 7.81. The standard InChI is InChI=1S/C27H23Br2ClFN3O3/c1-4-15(2)26-33-21-10-7-18(28)12-20(21)27(35)34(26)32-13-17-11-22(36-3)25(24(30)23(17)29)37-14-16-5-8-19(31)9-6-16/h5-13,15H,4,14H2,1-3H3/t15-/m0/s1. The molecule has 0 amide bonds. The van der Waals surface area contributed by atoms with Crippen molar-refractivity contribution in [2.45, 2.75) is 32.8 Å². The Morgan fingerprint density at radius 2 is 1.92 bits per heavy atom. The van der Waals surface area contributed by atoms with E-state index < -0.39 is 0 Å².